The fourth-order valence-electron chi connectivity index (χ4n) is 4.04. The number of carbonyl (C=O) groups is 1. The summed E-state index contributed by atoms with van der Waals surface area (Å²) in [5.74, 6) is 1.52. The molecule has 1 fully saturated rings. The Morgan fingerprint density at radius 1 is 1.12 bits per heavy atom. The van der Waals surface area contributed by atoms with Crippen LogP contribution in [0.25, 0.3) is 0 Å². The van der Waals surface area contributed by atoms with Crippen LogP contribution < -0.4 is 10.1 Å². The van der Waals surface area contributed by atoms with Gasteiger partial charge in [-0.05, 0) is 55.1 Å². The van der Waals surface area contributed by atoms with E-state index < -0.39 is 0 Å². The molecule has 164 valence electrons. The van der Waals surface area contributed by atoms with Crippen molar-refractivity contribution in [1.29, 1.82) is 5.26 Å². The Morgan fingerprint density at radius 2 is 1.94 bits per heavy atom. The molecule has 0 spiro atoms. The summed E-state index contributed by atoms with van der Waals surface area (Å²) in [6, 6.07) is 23.0. The van der Waals surface area contributed by atoms with Crippen LogP contribution in [0, 0.1) is 17.2 Å². The highest BCUT2D eigenvalue weighted by atomic mass is 16.5. The number of amides is 1. The Labute approximate surface area is 188 Å². The number of furan rings is 1. The molecule has 1 aliphatic rings. The minimum absolute atomic E-state index is 0.156. The van der Waals surface area contributed by atoms with Gasteiger partial charge in [-0.25, -0.2) is 0 Å². The molecule has 2 heterocycles. The molecule has 1 unspecified atom stereocenters. The normalized spacial score (nSPS) is 16.3. The van der Waals surface area contributed by atoms with Gasteiger partial charge in [0, 0.05) is 19.6 Å². The molecule has 0 radical (unpaired) electrons. The smallest absolute Gasteiger partial charge is 0.287 e. The second-order valence-electron chi connectivity index (χ2n) is 8.10. The highest BCUT2D eigenvalue weighted by Gasteiger charge is 2.21. The molecule has 6 heteroatoms. The van der Waals surface area contributed by atoms with E-state index in [-0.39, 0.29) is 18.3 Å². The summed E-state index contributed by atoms with van der Waals surface area (Å²) in [7, 11) is 0. The zero-order valence-corrected chi connectivity index (χ0v) is 18.0. The Kier molecular flexibility index (Phi) is 7.21. The Balaban J connectivity index is 1.25. The summed E-state index contributed by atoms with van der Waals surface area (Å²) in [4.78, 5) is 15.0. The summed E-state index contributed by atoms with van der Waals surface area (Å²) in [6.45, 7) is 3.80. The van der Waals surface area contributed by atoms with Crippen molar-refractivity contribution < 1.29 is 13.9 Å². The summed E-state index contributed by atoms with van der Waals surface area (Å²) in [6.07, 6.45) is 2.25. The number of nitrogens with zero attached hydrogens (tertiary/aromatic N) is 2. The van der Waals surface area contributed by atoms with Crippen molar-refractivity contribution in [2.45, 2.75) is 26.0 Å². The van der Waals surface area contributed by atoms with Crippen LogP contribution in [0.1, 0.15) is 40.3 Å². The van der Waals surface area contributed by atoms with Crippen LogP contribution in [0.4, 0.5) is 0 Å². The number of hydrogen-bond acceptors (Lipinski definition) is 5. The van der Waals surface area contributed by atoms with E-state index in [1.165, 1.54) is 5.56 Å². The molecule has 4 rings (SSSR count). The molecule has 2 aromatic carbocycles. The largest absolute Gasteiger partial charge is 0.484 e. The zero-order valence-electron chi connectivity index (χ0n) is 18.0. The molecule has 0 bridgehead atoms. The lowest BCUT2D eigenvalue weighted by atomic mass is 9.97. The third-order valence-electron chi connectivity index (χ3n) is 5.67. The summed E-state index contributed by atoms with van der Waals surface area (Å²) >= 11 is 0. The van der Waals surface area contributed by atoms with Gasteiger partial charge in [0.05, 0.1) is 5.56 Å². The van der Waals surface area contributed by atoms with Crippen molar-refractivity contribution in [1.82, 2.24) is 10.2 Å². The summed E-state index contributed by atoms with van der Waals surface area (Å²) < 4.78 is 11.3. The Bertz CT molecular complexity index is 1070. The topological polar surface area (TPSA) is 78.5 Å². The predicted octanol–water partition coefficient (Wildman–Crippen LogP) is 4.37. The lowest BCUT2D eigenvalue weighted by molar-refractivity contribution is 0.0899. The van der Waals surface area contributed by atoms with Gasteiger partial charge in [0.1, 0.15) is 24.2 Å². The van der Waals surface area contributed by atoms with Crippen molar-refractivity contribution in [3.63, 3.8) is 0 Å². The quantitative estimate of drug-likeness (QED) is 0.575. The number of nitriles is 1. The minimum Gasteiger partial charge on any atom is -0.484 e. The third-order valence-corrected chi connectivity index (χ3v) is 5.67. The van der Waals surface area contributed by atoms with E-state index in [0.717, 1.165) is 32.5 Å². The van der Waals surface area contributed by atoms with E-state index in [1.807, 2.05) is 12.1 Å². The van der Waals surface area contributed by atoms with Gasteiger partial charge >= 0.3 is 0 Å². The monoisotopic (exact) mass is 429 g/mol. The third kappa shape index (κ3) is 5.77. The molecular weight excluding hydrogens is 402 g/mol. The van der Waals surface area contributed by atoms with E-state index >= 15 is 0 Å². The molecule has 1 amide bonds. The lowest BCUT2D eigenvalue weighted by Gasteiger charge is -2.32. The molecule has 1 atom stereocenters. The number of hydrogen-bond donors (Lipinski definition) is 1. The molecule has 32 heavy (non-hydrogen) atoms. The second-order valence-corrected chi connectivity index (χ2v) is 8.10. The number of likely N-dealkylation sites (tertiary alicyclic amines) is 1. The molecule has 3 aromatic rings. The van der Waals surface area contributed by atoms with Gasteiger partial charge in [-0.2, -0.15) is 5.26 Å². The lowest BCUT2D eigenvalue weighted by Crippen LogP contribution is -2.40. The van der Waals surface area contributed by atoms with Crippen LogP contribution in [0.5, 0.6) is 5.75 Å². The maximum atomic E-state index is 12.5. The predicted molar refractivity (Wildman–Crippen MR) is 121 cm³/mol. The number of rotatable bonds is 8. The number of nitrogens with one attached hydrogen (secondary N) is 1. The number of piperidine rings is 1. The zero-order chi connectivity index (χ0) is 22.2. The van der Waals surface area contributed by atoms with Crippen molar-refractivity contribution in [3.05, 3.63) is 89.4 Å². The fraction of sp³-hybridized carbons (Fsp3) is 0.308. The van der Waals surface area contributed by atoms with Crippen LogP contribution in [-0.2, 0) is 13.2 Å². The average Bonchev–Trinajstić information content (AvgIpc) is 3.31. The Hall–Kier alpha value is -3.56. The van der Waals surface area contributed by atoms with Gasteiger partial charge in [-0.1, -0.05) is 42.5 Å². The SMILES string of the molecule is N#Cc1ccccc1OCc1ccc(C(=O)NCC2CCCN(Cc3ccccc3)C2)o1. The highest BCUT2D eigenvalue weighted by molar-refractivity contribution is 5.91. The van der Waals surface area contributed by atoms with Gasteiger partial charge < -0.3 is 14.5 Å². The van der Waals surface area contributed by atoms with Crippen molar-refractivity contribution in [2.24, 2.45) is 5.92 Å². The first-order valence-electron chi connectivity index (χ1n) is 11.0. The van der Waals surface area contributed by atoms with Crippen LogP contribution >= 0.6 is 0 Å². The molecule has 1 N–H and O–H groups in total. The first-order valence-corrected chi connectivity index (χ1v) is 11.0. The van der Waals surface area contributed by atoms with Crippen molar-refractivity contribution >= 4 is 5.91 Å². The standard InChI is InChI=1S/C26H27N3O3/c27-15-22-10-4-5-11-24(22)31-19-23-12-13-25(32-23)26(30)28-16-21-9-6-14-29(18-21)17-20-7-2-1-3-8-20/h1-5,7-8,10-13,21H,6,9,14,16-19H2,(H,28,30). The molecule has 1 aromatic heterocycles. The number of para-hydroxylation sites is 1. The number of carbonyl (C=O) groups excluding carboxylic acids is 1. The molecular formula is C26H27N3O3. The van der Waals surface area contributed by atoms with Gasteiger partial charge in [0.2, 0.25) is 0 Å². The number of benzene rings is 2. The van der Waals surface area contributed by atoms with E-state index in [2.05, 4.69) is 40.6 Å². The summed E-state index contributed by atoms with van der Waals surface area (Å²) in [5, 5.41) is 12.2. The molecule has 1 aliphatic heterocycles. The van der Waals surface area contributed by atoms with Gasteiger partial charge in [0.25, 0.3) is 5.91 Å². The van der Waals surface area contributed by atoms with Crippen LogP contribution in [0.3, 0.4) is 0 Å². The first kappa shape index (κ1) is 21.7. The number of ether oxygens (including phenoxy) is 1. The van der Waals surface area contributed by atoms with Crippen molar-refractivity contribution in [2.75, 3.05) is 19.6 Å². The maximum Gasteiger partial charge on any atom is 0.287 e. The van der Waals surface area contributed by atoms with Crippen LogP contribution in [0.2, 0.25) is 0 Å². The van der Waals surface area contributed by atoms with E-state index in [0.29, 0.717) is 29.5 Å². The van der Waals surface area contributed by atoms with E-state index in [1.54, 1.807) is 30.3 Å². The van der Waals surface area contributed by atoms with Crippen molar-refractivity contribution in [3.8, 4) is 11.8 Å². The van der Waals surface area contributed by atoms with Crippen LogP contribution in [0.15, 0.2) is 71.1 Å². The Morgan fingerprint density at radius 3 is 2.78 bits per heavy atom. The van der Waals surface area contributed by atoms with E-state index in [9.17, 15) is 4.79 Å². The average molecular weight is 430 g/mol. The fourth-order valence-corrected chi connectivity index (χ4v) is 4.04. The maximum absolute atomic E-state index is 12.5. The molecule has 1 saturated heterocycles. The van der Waals surface area contributed by atoms with E-state index in [4.69, 9.17) is 14.4 Å². The van der Waals surface area contributed by atoms with Gasteiger partial charge in [0.15, 0.2) is 5.76 Å². The minimum atomic E-state index is -0.214. The molecule has 0 aliphatic carbocycles. The second kappa shape index (κ2) is 10.7. The van der Waals surface area contributed by atoms with Gasteiger partial charge in [-0.15, -0.1) is 0 Å². The van der Waals surface area contributed by atoms with Gasteiger partial charge in [-0.3, -0.25) is 9.69 Å². The highest BCUT2D eigenvalue weighted by Crippen LogP contribution is 2.20. The summed E-state index contributed by atoms with van der Waals surface area (Å²) in [5.41, 5.74) is 1.78. The molecule has 6 nitrogen and oxygen atoms in total. The molecule has 0 saturated carbocycles. The van der Waals surface area contributed by atoms with Crippen LogP contribution in [-0.4, -0.2) is 30.4 Å². The first-order chi connectivity index (χ1) is 15.7.